The number of aromatic nitrogens is 2. The van der Waals surface area contributed by atoms with E-state index >= 15 is 0 Å². The van der Waals surface area contributed by atoms with Gasteiger partial charge in [-0.15, -0.1) is 0 Å². The third-order valence-corrected chi connectivity index (χ3v) is 2.00. The lowest BCUT2D eigenvalue weighted by atomic mass is 10.2. The predicted octanol–water partition coefficient (Wildman–Crippen LogP) is 0.576. The standard InChI is InChI=1S/C9H11N3O/c1-10-5-6-3-2-4-7-8(6)12-9(13)11-7/h2-4,10H,5H2,1H3,(H2,11,12,13). The number of aromatic amines is 2. The van der Waals surface area contributed by atoms with Crippen LogP contribution >= 0.6 is 0 Å². The molecule has 4 heteroatoms. The van der Waals surface area contributed by atoms with Crippen molar-refractivity contribution in [2.45, 2.75) is 6.54 Å². The zero-order valence-electron chi connectivity index (χ0n) is 7.35. The minimum Gasteiger partial charge on any atom is -0.316 e. The van der Waals surface area contributed by atoms with Crippen LogP contribution in [0.1, 0.15) is 5.56 Å². The first kappa shape index (κ1) is 8.07. The first-order valence-corrected chi connectivity index (χ1v) is 4.16. The molecule has 1 heterocycles. The molecule has 0 fully saturated rings. The highest BCUT2D eigenvalue weighted by molar-refractivity contribution is 5.77. The van der Waals surface area contributed by atoms with Crippen LogP contribution in [-0.2, 0) is 6.54 Å². The van der Waals surface area contributed by atoms with Crippen molar-refractivity contribution in [1.29, 1.82) is 0 Å². The molecule has 0 aliphatic carbocycles. The number of hydrogen-bond acceptors (Lipinski definition) is 2. The average Bonchev–Trinajstić information content (AvgIpc) is 2.47. The van der Waals surface area contributed by atoms with Gasteiger partial charge in [0.15, 0.2) is 0 Å². The molecule has 0 unspecified atom stereocenters. The van der Waals surface area contributed by atoms with Gasteiger partial charge in [0.1, 0.15) is 0 Å². The van der Waals surface area contributed by atoms with E-state index < -0.39 is 0 Å². The van der Waals surface area contributed by atoms with Crippen LogP contribution in [0.2, 0.25) is 0 Å². The molecule has 0 aliphatic heterocycles. The number of imidazole rings is 1. The smallest absolute Gasteiger partial charge is 0.316 e. The minimum absolute atomic E-state index is 0.154. The lowest BCUT2D eigenvalue weighted by Gasteiger charge is -1.99. The summed E-state index contributed by atoms with van der Waals surface area (Å²) in [5.74, 6) is 0. The lowest BCUT2D eigenvalue weighted by Crippen LogP contribution is -2.05. The predicted molar refractivity (Wildman–Crippen MR) is 51.7 cm³/mol. The molecule has 0 amide bonds. The summed E-state index contributed by atoms with van der Waals surface area (Å²) in [6, 6.07) is 5.80. The van der Waals surface area contributed by atoms with Crippen molar-refractivity contribution < 1.29 is 0 Å². The van der Waals surface area contributed by atoms with E-state index in [0.29, 0.717) is 0 Å². The third-order valence-electron chi connectivity index (χ3n) is 2.00. The maximum absolute atomic E-state index is 11.0. The van der Waals surface area contributed by atoms with Gasteiger partial charge in [0, 0.05) is 6.54 Å². The molecule has 0 spiro atoms. The number of fused-ring (bicyclic) bond motifs is 1. The van der Waals surface area contributed by atoms with E-state index in [1.807, 2.05) is 25.2 Å². The van der Waals surface area contributed by atoms with Crippen LogP contribution < -0.4 is 11.0 Å². The van der Waals surface area contributed by atoms with Crippen LogP contribution in [0.25, 0.3) is 11.0 Å². The van der Waals surface area contributed by atoms with E-state index in [1.165, 1.54) is 0 Å². The Hall–Kier alpha value is -1.55. The summed E-state index contributed by atoms with van der Waals surface area (Å²) in [4.78, 5) is 16.5. The van der Waals surface area contributed by atoms with Gasteiger partial charge in [-0.1, -0.05) is 12.1 Å². The van der Waals surface area contributed by atoms with Gasteiger partial charge in [0.25, 0.3) is 0 Å². The Morgan fingerprint density at radius 2 is 2.23 bits per heavy atom. The molecule has 1 aromatic heterocycles. The van der Waals surface area contributed by atoms with E-state index in [0.717, 1.165) is 23.1 Å². The summed E-state index contributed by atoms with van der Waals surface area (Å²) in [5.41, 5.74) is 2.69. The first-order valence-electron chi connectivity index (χ1n) is 4.16. The van der Waals surface area contributed by atoms with Crippen LogP contribution in [0.5, 0.6) is 0 Å². The van der Waals surface area contributed by atoms with Crippen molar-refractivity contribution in [2.75, 3.05) is 7.05 Å². The molecule has 68 valence electrons. The summed E-state index contributed by atoms with van der Waals surface area (Å²) in [5, 5.41) is 3.05. The second-order valence-corrected chi connectivity index (χ2v) is 2.95. The maximum atomic E-state index is 11.0. The van der Waals surface area contributed by atoms with Gasteiger partial charge in [0.05, 0.1) is 11.0 Å². The van der Waals surface area contributed by atoms with Gasteiger partial charge in [-0.2, -0.15) is 0 Å². The number of benzene rings is 1. The van der Waals surface area contributed by atoms with E-state index in [-0.39, 0.29) is 5.69 Å². The molecule has 0 aliphatic rings. The number of hydrogen-bond donors (Lipinski definition) is 3. The van der Waals surface area contributed by atoms with Crippen molar-refractivity contribution in [3.63, 3.8) is 0 Å². The zero-order chi connectivity index (χ0) is 9.26. The quantitative estimate of drug-likeness (QED) is 0.628. The molecule has 2 aromatic rings. The van der Waals surface area contributed by atoms with Crippen molar-refractivity contribution in [2.24, 2.45) is 0 Å². The molecular weight excluding hydrogens is 166 g/mol. The highest BCUT2D eigenvalue weighted by atomic mass is 16.1. The highest BCUT2D eigenvalue weighted by Gasteiger charge is 2.01. The van der Waals surface area contributed by atoms with Gasteiger partial charge in [0.2, 0.25) is 0 Å². The molecule has 4 nitrogen and oxygen atoms in total. The first-order chi connectivity index (χ1) is 6.31. The van der Waals surface area contributed by atoms with Crippen LogP contribution in [0, 0.1) is 0 Å². The normalized spacial score (nSPS) is 10.8. The SMILES string of the molecule is CNCc1cccc2[nH]c(=O)[nH]c12. The summed E-state index contributed by atoms with van der Waals surface area (Å²) in [6.07, 6.45) is 0. The Morgan fingerprint density at radius 1 is 1.38 bits per heavy atom. The number of nitrogens with one attached hydrogen (secondary N) is 3. The topological polar surface area (TPSA) is 60.7 Å². The Balaban J connectivity index is 2.67. The highest BCUT2D eigenvalue weighted by Crippen LogP contribution is 2.12. The Labute approximate surface area is 75.0 Å². The lowest BCUT2D eigenvalue weighted by molar-refractivity contribution is 0.822. The second-order valence-electron chi connectivity index (χ2n) is 2.95. The Bertz CT molecular complexity index is 469. The monoisotopic (exact) mass is 177 g/mol. The number of rotatable bonds is 2. The molecule has 0 bridgehead atoms. The van der Waals surface area contributed by atoms with Gasteiger partial charge < -0.3 is 15.3 Å². The summed E-state index contributed by atoms with van der Waals surface area (Å²) in [6.45, 7) is 0.755. The molecule has 0 radical (unpaired) electrons. The van der Waals surface area contributed by atoms with Gasteiger partial charge in [-0.05, 0) is 18.7 Å². The fourth-order valence-corrected chi connectivity index (χ4v) is 1.46. The molecular formula is C9H11N3O. The number of para-hydroxylation sites is 1. The molecule has 3 N–H and O–H groups in total. The molecule has 0 saturated heterocycles. The van der Waals surface area contributed by atoms with Crippen molar-refractivity contribution in [1.82, 2.24) is 15.3 Å². The van der Waals surface area contributed by atoms with Crippen molar-refractivity contribution in [3.05, 3.63) is 34.2 Å². The largest absolute Gasteiger partial charge is 0.323 e. The van der Waals surface area contributed by atoms with Crippen molar-refractivity contribution in [3.8, 4) is 0 Å². The molecule has 13 heavy (non-hydrogen) atoms. The van der Waals surface area contributed by atoms with Crippen LogP contribution in [0.4, 0.5) is 0 Å². The van der Waals surface area contributed by atoms with E-state index in [4.69, 9.17) is 0 Å². The number of H-pyrrole nitrogens is 2. The van der Waals surface area contributed by atoms with Gasteiger partial charge >= 0.3 is 5.69 Å². The van der Waals surface area contributed by atoms with Crippen LogP contribution in [0.15, 0.2) is 23.0 Å². The molecule has 1 aromatic carbocycles. The van der Waals surface area contributed by atoms with E-state index in [2.05, 4.69) is 15.3 Å². The maximum Gasteiger partial charge on any atom is 0.323 e. The van der Waals surface area contributed by atoms with Gasteiger partial charge in [-0.3, -0.25) is 0 Å². The zero-order valence-corrected chi connectivity index (χ0v) is 7.35. The van der Waals surface area contributed by atoms with Crippen LogP contribution in [-0.4, -0.2) is 17.0 Å². The Kier molecular flexibility index (Phi) is 1.90. The molecule has 0 saturated carbocycles. The average molecular weight is 177 g/mol. The minimum atomic E-state index is -0.154. The van der Waals surface area contributed by atoms with Gasteiger partial charge in [-0.25, -0.2) is 4.79 Å². The Morgan fingerprint density at radius 3 is 3.00 bits per heavy atom. The summed E-state index contributed by atoms with van der Waals surface area (Å²) < 4.78 is 0. The fourth-order valence-electron chi connectivity index (χ4n) is 1.46. The van der Waals surface area contributed by atoms with Crippen molar-refractivity contribution >= 4 is 11.0 Å². The second kappa shape index (κ2) is 3.06. The van der Waals surface area contributed by atoms with Crippen LogP contribution in [0.3, 0.4) is 0 Å². The molecule has 2 rings (SSSR count). The molecule has 0 atom stereocenters. The summed E-state index contributed by atoms with van der Waals surface area (Å²) in [7, 11) is 1.88. The van der Waals surface area contributed by atoms with E-state index in [1.54, 1.807) is 0 Å². The summed E-state index contributed by atoms with van der Waals surface area (Å²) >= 11 is 0. The van der Waals surface area contributed by atoms with E-state index in [9.17, 15) is 4.79 Å². The fraction of sp³-hybridized carbons (Fsp3) is 0.222. The third kappa shape index (κ3) is 1.36.